The molecule has 101 heavy (non-hydrogen) atoms. The van der Waals surface area contributed by atoms with Crippen LogP contribution in [0.1, 0.15) is 54.1 Å². The first-order valence-corrected chi connectivity index (χ1v) is 28.8. The van der Waals surface area contributed by atoms with Crippen molar-refractivity contribution in [2.24, 2.45) is 0 Å². The van der Waals surface area contributed by atoms with E-state index in [1.165, 1.54) is 52.0 Å². The number of aromatic nitrogens is 8. The number of carbonyl (C=O) groups excluding carboxylic acids is 4. The van der Waals surface area contributed by atoms with E-state index in [1.54, 1.807) is 0 Å². The van der Waals surface area contributed by atoms with Crippen molar-refractivity contribution in [2.75, 3.05) is 14.2 Å². The molecule has 11 aromatic rings. The van der Waals surface area contributed by atoms with Gasteiger partial charge in [0, 0.05) is 44.1 Å². The van der Waals surface area contributed by atoms with Crippen molar-refractivity contribution >= 4 is 69.0 Å². The van der Waals surface area contributed by atoms with Crippen LogP contribution in [0.4, 0.5) is 52.7 Å². The number of rotatable bonds is 16. The number of hydrogen-bond donors (Lipinski definition) is 0. The van der Waals surface area contributed by atoms with Crippen LogP contribution in [0.25, 0.3) is 89.7 Å². The fourth-order valence-corrected chi connectivity index (χ4v) is 11.0. The zero-order valence-electron chi connectivity index (χ0n) is 52.2. The van der Waals surface area contributed by atoms with Crippen molar-refractivity contribution in [3.63, 3.8) is 0 Å². The molecule has 0 spiro atoms. The van der Waals surface area contributed by atoms with Crippen molar-refractivity contribution in [3.8, 4) is 91.5 Å². The Kier molecular flexibility index (Phi) is 18.2. The fraction of sp³-hybridized carbons (Fsp3) is 0.118. The minimum atomic E-state index is -2.17. The third-order valence-corrected chi connectivity index (χ3v) is 15.8. The number of nitrogens with zero attached hydrogens (tertiary/aromatic N) is 8. The maximum Gasteiger partial charge on any atom is 2.00 e. The van der Waals surface area contributed by atoms with E-state index in [2.05, 4.69) is 39.9 Å². The molecule has 33 heteroatoms. The number of aryl methyl sites for hydroxylation is 4. The Hall–Kier alpha value is -12.0. The van der Waals surface area contributed by atoms with Crippen LogP contribution in [0.3, 0.4) is 0 Å². The van der Waals surface area contributed by atoms with Gasteiger partial charge in [0.25, 0.3) is 12.9 Å². The molecular formula is C68H36F12N8O12Zn. The second kappa shape index (κ2) is 26.7. The van der Waals surface area contributed by atoms with Crippen LogP contribution in [0.15, 0.2) is 72.8 Å². The zero-order chi connectivity index (χ0) is 71.2. The molecule has 0 radical (unpaired) electrons. The summed E-state index contributed by atoms with van der Waals surface area (Å²) in [5, 5.41) is -5.35. The van der Waals surface area contributed by atoms with Crippen LogP contribution < -0.4 is 28.9 Å². The molecule has 0 aliphatic carbocycles. The van der Waals surface area contributed by atoms with Gasteiger partial charge in [-0.1, -0.05) is 12.1 Å². The van der Waals surface area contributed by atoms with Gasteiger partial charge in [0.2, 0.25) is 46.3 Å². The Bertz CT molecular complexity index is 5650. The minimum Gasteiger partial charge on any atom is -0.465 e. The molecule has 0 unspecified atom stereocenters. The normalized spacial score (nSPS) is 11.4. The number of hydrogen-bond acceptors (Lipinski definition) is 18. The molecule has 20 nitrogen and oxygen atoms in total. The third kappa shape index (κ3) is 11.7. The predicted octanol–water partition coefficient (Wildman–Crippen LogP) is 15.1. The number of fused-ring (bicyclic) bond motifs is 20. The Balaban J connectivity index is 0.00000965. The molecule has 0 fully saturated rings. The quantitative estimate of drug-likeness (QED) is 0.0218. The minimum absolute atomic E-state index is 0. The van der Waals surface area contributed by atoms with Crippen LogP contribution in [-0.2, 0) is 61.2 Å². The van der Waals surface area contributed by atoms with Crippen LogP contribution in [0, 0.1) is 97.5 Å². The number of carbonyl (C=O) groups is 4. The van der Waals surface area contributed by atoms with Crippen molar-refractivity contribution in [2.45, 2.75) is 40.9 Å². The molecule has 2 aliphatic rings. The monoisotopic (exact) mass is 1450 g/mol. The van der Waals surface area contributed by atoms with Crippen LogP contribution in [-0.4, -0.2) is 69.0 Å². The van der Waals surface area contributed by atoms with Gasteiger partial charge in [-0.15, -0.1) is 0 Å². The molecule has 0 atom stereocenters. The molecule has 0 amide bonds. The summed E-state index contributed by atoms with van der Waals surface area (Å²) in [5.74, 6) is -39.6. The number of ether oxygens (including phenoxy) is 8. The maximum atomic E-state index is 17.8. The summed E-state index contributed by atoms with van der Waals surface area (Å²) in [5.41, 5.74) is -9.84. The molecule has 8 bridgehead atoms. The van der Waals surface area contributed by atoms with E-state index in [9.17, 15) is 19.2 Å². The van der Waals surface area contributed by atoms with E-state index in [0.29, 0.717) is 11.1 Å². The van der Waals surface area contributed by atoms with Crippen LogP contribution >= 0.6 is 0 Å². The number of esters is 2. The first kappa shape index (κ1) is 68.9. The molecule has 2 aliphatic heterocycles. The standard InChI is InChI=1S/C68H36F12N8O12.Zn/c1-23-15-27(19-95-21-89)7-11-31(23)97-55-47(73)39-35(43(69)51(55)77)59-81-63-40-36(44(70)52(78)56(48(40)74)98-32-12-8-28(16-24(32)2)20-96-22-90)60(83-63)85-65-42-38(46(72)54(80)58(50(42)76)100-34-14-10-30(18-26(34)4)68(92)94-6)62(87-65)88-66-41-37(61(86-66)84-64(39)82-59)45(71)53(79)57(49(41)75)99-33-13-9-29(17-25(33)3)67(91)93-5;/h7-18,21-22H,19-20H2,1-6H3;/q-2;+2. The maximum absolute atomic E-state index is 17.8. The van der Waals surface area contributed by atoms with Crippen LogP contribution in [0.2, 0.25) is 0 Å². The predicted molar refractivity (Wildman–Crippen MR) is 323 cm³/mol. The van der Waals surface area contributed by atoms with Gasteiger partial charge in [-0.3, -0.25) is 9.59 Å². The summed E-state index contributed by atoms with van der Waals surface area (Å²) in [6, 6.07) is 14.2. The van der Waals surface area contributed by atoms with E-state index >= 15 is 52.7 Å². The van der Waals surface area contributed by atoms with Gasteiger partial charge in [0.1, 0.15) is 36.2 Å². The molecule has 0 saturated carbocycles. The summed E-state index contributed by atoms with van der Waals surface area (Å²) in [6.07, 6.45) is 0. The van der Waals surface area contributed by atoms with Gasteiger partial charge in [0.05, 0.1) is 70.9 Å². The third-order valence-electron chi connectivity index (χ3n) is 15.8. The van der Waals surface area contributed by atoms with Gasteiger partial charge in [0.15, 0.2) is 46.5 Å². The summed E-state index contributed by atoms with van der Waals surface area (Å²) in [7, 11) is 2.12. The van der Waals surface area contributed by atoms with Gasteiger partial charge in [-0.05, 0) is 122 Å². The topological polar surface area (TPSA) is 248 Å². The molecule has 506 valence electrons. The molecule has 3 aromatic heterocycles. The molecule has 0 saturated heterocycles. The Morgan fingerprint density at radius 3 is 0.941 bits per heavy atom. The smallest absolute Gasteiger partial charge is 0.465 e. The first-order valence-electron chi connectivity index (χ1n) is 28.8. The number of methoxy groups -OCH3 is 2. The second-order valence-electron chi connectivity index (χ2n) is 21.9. The zero-order valence-corrected chi connectivity index (χ0v) is 55.2. The summed E-state index contributed by atoms with van der Waals surface area (Å²) < 4.78 is 250. The average Bonchev–Trinajstić information content (AvgIpc) is 1.58. The molecule has 13 rings (SSSR count). The van der Waals surface area contributed by atoms with E-state index in [4.69, 9.17) is 37.9 Å². The summed E-state index contributed by atoms with van der Waals surface area (Å²) in [4.78, 5) is 79.3. The van der Waals surface area contributed by atoms with E-state index in [0.717, 1.165) is 62.8 Å². The fourth-order valence-electron chi connectivity index (χ4n) is 11.0. The molecule has 8 aromatic carbocycles. The Labute approximate surface area is 569 Å². The number of halogens is 12. The van der Waals surface area contributed by atoms with E-state index < -0.39 is 206 Å². The SMILES string of the molecule is COC(=O)c1ccc(Oc2c(F)c(F)c3c(c2F)-c2nc-3nc3[n-]c(nc4nc(nc5[n-]c(n2)c2c(F)c(F)c(Oc6ccc(COC=O)cc6C)c(F)c52)-c2c(F)c(F)c(Oc5ccc(COC=O)cc5C)c(F)c2-4)c2c(F)c(F)c(Oc4ccc(C(=O)OC)cc4C)c(F)c32)c(C)c1.[Zn+2]. The molecular weight excluding hydrogens is 1410 g/mol. The summed E-state index contributed by atoms with van der Waals surface area (Å²) >= 11 is 0. The van der Waals surface area contributed by atoms with Gasteiger partial charge in [-0.25, -0.2) is 54.7 Å². The van der Waals surface area contributed by atoms with Crippen molar-refractivity contribution in [1.82, 2.24) is 39.9 Å². The van der Waals surface area contributed by atoms with Crippen molar-refractivity contribution < 1.29 is 129 Å². The van der Waals surface area contributed by atoms with Crippen molar-refractivity contribution in [3.05, 3.63) is 187 Å². The second-order valence-corrected chi connectivity index (χ2v) is 21.9. The molecule has 5 heterocycles. The van der Waals surface area contributed by atoms with Gasteiger partial charge in [-0.2, -0.15) is 17.6 Å². The first-order chi connectivity index (χ1) is 47.9. The van der Waals surface area contributed by atoms with Crippen LogP contribution in [0.5, 0.6) is 46.0 Å². The van der Waals surface area contributed by atoms with Crippen molar-refractivity contribution in [1.29, 1.82) is 0 Å². The largest absolute Gasteiger partial charge is 2.00 e. The Morgan fingerprint density at radius 1 is 0.366 bits per heavy atom. The van der Waals surface area contributed by atoms with E-state index in [1.807, 2.05) is 0 Å². The molecule has 0 N–H and O–H groups in total. The summed E-state index contributed by atoms with van der Waals surface area (Å²) in [6.45, 7) is 5.07. The number of benzene rings is 8. The Morgan fingerprint density at radius 2 is 0.644 bits per heavy atom. The average molecular weight is 1450 g/mol. The van der Waals surface area contributed by atoms with Gasteiger partial charge < -0.3 is 67.8 Å². The van der Waals surface area contributed by atoms with Gasteiger partial charge >= 0.3 is 31.4 Å². The van der Waals surface area contributed by atoms with E-state index in [-0.39, 0.29) is 90.5 Å².